The highest BCUT2D eigenvalue weighted by atomic mass is 16.2. The maximum atomic E-state index is 12.8. The average Bonchev–Trinajstić information content (AvgIpc) is 3.14. The van der Waals surface area contributed by atoms with Crippen LogP contribution in [0.1, 0.15) is 18.1 Å². The Hall–Kier alpha value is -3.21. The Kier molecular flexibility index (Phi) is 4.59. The number of nitrogens with zero attached hydrogens (tertiary/aromatic N) is 3. The summed E-state index contributed by atoms with van der Waals surface area (Å²) in [5.74, 6) is -0.118. The van der Waals surface area contributed by atoms with E-state index in [2.05, 4.69) is 24.2 Å². The molecule has 5 heteroatoms. The summed E-state index contributed by atoms with van der Waals surface area (Å²) in [4.78, 5) is 26.8. The van der Waals surface area contributed by atoms with Crippen molar-refractivity contribution in [3.05, 3.63) is 82.1 Å². The third-order valence-corrected chi connectivity index (χ3v) is 5.00. The number of carbonyl (C=O) groups excluding carboxylic acids is 1. The first-order chi connectivity index (χ1) is 13.2. The molecule has 0 aliphatic carbocycles. The zero-order chi connectivity index (χ0) is 18.8. The monoisotopic (exact) mass is 359 g/mol. The summed E-state index contributed by atoms with van der Waals surface area (Å²) in [6, 6.07) is 19.2. The smallest absolute Gasteiger partial charge is 0.267 e. The first-order valence-corrected chi connectivity index (χ1v) is 9.21. The quantitative estimate of drug-likeness (QED) is 0.719. The summed E-state index contributed by atoms with van der Waals surface area (Å²) in [6.07, 6.45) is 1.81. The van der Waals surface area contributed by atoms with Crippen LogP contribution in [0.15, 0.2) is 65.5 Å². The molecule has 1 amide bonds. The van der Waals surface area contributed by atoms with Gasteiger partial charge in [-0.1, -0.05) is 49.4 Å². The fourth-order valence-corrected chi connectivity index (χ4v) is 3.44. The van der Waals surface area contributed by atoms with Gasteiger partial charge >= 0.3 is 0 Å². The Labute approximate surface area is 157 Å². The van der Waals surface area contributed by atoms with Gasteiger partial charge in [0, 0.05) is 23.9 Å². The van der Waals surface area contributed by atoms with Crippen LogP contribution >= 0.6 is 0 Å². The molecule has 3 aromatic rings. The standard InChI is InChI=1S/C22H21N3O2/c1-2-16-7-9-17(10-8-16)19-11-12-21(26)25(23-19)15-22(27)24-14-13-18-5-3-4-6-20(18)24/h3-12H,2,13-15H2,1H3. The highest BCUT2D eigenvalue weighted by molar-refractivity contribution is 5.95. The van der Waals surface area contributed by atoms with Crippen molar-refractivity contribution < 1.29 is 4.79 Å². The molecule has 136 valence electrons. The lowest BCUT2D eigenvalue weighted by atomic mass is 10.1. The molecule has 0 fully saturated rings. The van der Waals surface area contributed by atoms with Gasteiger partial charge in [0.2, 0.25) is 5.91 Å². The fourth-order valence-electron chi connectivity index (χ4n) is 3.44. The SMILES string of the molecule is CCc1ccc(-c2ccc(=O)n(CC(=O)N3CCc4ccccc43)n2)cc1. The van der Waals surface area contributed by atoms with Crippen LogP contribution in [0.25, 0.3) is 11.3 Å². The number of aromatic nitrogens is 2. The van der Waals surface area contributed by atoms with E-state index in [4.69, 9.17) is 0 Å². The number of benzene rings is 2. The number of hydrogen-bond acceptors (Lipinski definition) is 3. The number of fused-ring (bicyclic) bond motifs is 1. The number of hydrogen-bond donors (Lipinski definition) is 0. The summed E-state index contributed by atoms with van der Waals surface area (Å²) >= 11 is 0. The molecule has 1 aliphatic heterocycles. The van der Waals surface area contributed by atoms with Gasteiger partial charge in [-0.05, 0) is 36.1 Å². The van der Waals surface area contributed by atoms with Crippen molar-refractivity contribution in [3.8, 4) is 11.3 Å². The van der Waals surface area contributed by atoms with Gasteiger partial charge in [0.1, 0.15) is 6.54 Å². The molecule has 2 heterocycles. The van der Waals surface area contributed by atoms with Crippen molar-refractivity contribution >= 4 is 11.6 Å². The van der Waals surface area contributed by atoms with Crippen LogP contribution in [0.4, 0.5) is 5.69 Å². The van der Waals surface area contributed by atoms with Crippen LogP contribution in [-0.2, 0) is 24.2 Å². The normalized spacial score (nSPS) is 12.9. The lowest BCUT2D eigenvalue weighted by Gasteiger charge is -2.17. The number of rotatable bonds is 4. The molecule has 0 atom stereocenters. The minimum atomic E-state index is -0.273. The van der Waals surface area contributed by atoms with E-state index in [-0.39, 0.29) is 18.0 Å². The van der Waals surface area contributed by atoms with E-state index in [1.54, 1.807) is 11.0 Å². The van der Waals surface area contributed by atoms with Crippen LogP contribution in [0.2, 0.25) is 0 Å². The van der Waals surface area contributed by atoms with E-state index in [0.717, 1.165) is 29.7 Å². The molecule has 0 radical (unpaired) electrons. The first-order valence-electron chi connectivity index (χ1n) is 9.21. The van der Waals surface area contributed by atoms with Crippen molar-refractivity contribution in [2.45, 2.75) is 26.3 Å². The van der Waals surface area contributed by atoms with E-state index in [0.29, 0.717) is 12.2 Å². The van der Waals surface area contributed by atoms with E-state index in [1.165, 1.54) is 16.3 Å². The molecule has 0 saturated heterocycles. The lowest BCUT2D eigenvalue weighted by Crippen LogP contribution is -2.36. The number of anilines is 1. The molecule has 2 aromatic carbocycles. The molecule has 5 nitrogen and oxygen atoms in total. The maximum absolute atomic E-state index is 12.8. The summed E-state index contributed by atoms with van der Waals surface area (Å²) in [5, 5.41) is 4.42. The second-order valence-corrected chi connectivity index (χ2v) is 6.69. The average molecular weight is 359 g/mol. The predicted molar refractivity (Wildman–Crippen MR) is 106 cm³/mol. The van der Waals surface area contributed by atoms with Crippen molar-refractivity contribution in [2.75, 3.05) is 11.4 Å². The van der Waals surface area contributed by atoms with Crippen molar-refractivity contribution in [1.82, 2.24) is 9.78 Å². The number of aryl methyl sites for hydroxylation is 1. The van der Waals surface area contributed by atoms with Gasteiger partial charge in [0.25, 0.3) is 5.56 Å². The van der Waals surface area contributed by atoms with Crippen molar-refractivity contribution in [2.24, 2.45) is 0 Å². The highest BCUT2D eigenvalue weighted by Gasteiger charge is 2.24. The zero-order valence-electron chi connectivity index (χ0n) is 15.3. The first kappa shape index (κ1) is 17.2. The van der Waals surface area contributed by atoms with Crippen LogP contribution in [-0.4, -0.2) is 22.2 Å². The molecule has 1 aromatic heterocycles. The molecule has 0 N–H and O–H groups in total. The molecule has 4 rings (SSSR count). The fraction of sp³-hybridized carbons (Fsp3) is 0.227. The second-order valence-electron chi connectivity index (χ2n) is 6.69. The van der Waals surface area contributed by atoms with Gasteiger partial charge in [0.05, 0.1) is 5.69 Å². The maximum Gasteiger partial charge on any atom is 0.267 e. The van der Waals surface area contributed by atoms with Crippen molar-refractivity contribution in [3.63, 3.8) is 0 Å². The molecule has 0 bridgehead atoms. The zero-order valence-corrected chi connectivity index (χ0v) is 15.3. The second kappa shape index (κ2) is 7.19. The number of para-hydroxylation sites is 1. The number of carbonyl (C=O) groups is 1. The molecular formula is C22H21N3O2. The summed E-state index contributed by atoms with van der Waals surface area (Å²) in [5.41, 5.74) is 4.68. The minimum Gasteiger partial charge on any atom is -0.310 e. The molecule has 1 aliphatic rings. The van der Waals surface area contributed by atoms with Gasteiger partial charge in [-0.15, -0.1) is 0 Å². The van der Waals surface area contributed by atoms with Crippen molar-refractivity contribution in [1.29, 1.82) is 0 Å². The van der Waals surface area contributed by atoms with Gasteiger partial charge in [-0.25, -0.2) is 4.68 Å². The van der Waals surface area contributed by atoms with Crippen LogP contribution < -0.4 is 10.5 Å². The Morgan fingerprint density at radius 2 is 1.81 bits per heavy atom. The van der Waals surface area contributed by atoms with E-state index >= 15 is 0 Å². The van der Waals surface area contributed by atoms with E-state index < -0.39 is 0 Å². The molecule has 0 unspecified atom stereocenters. The third kappa shape index (κ3) is 3.40. The lowest BCUT2D eigenvalue weighted by molar-refractivity contribution is -0.119. The minimum absolute atomic E-state index is 0.0615. The van der Waals surface area contributed by atoms with Crippen LogP contribution in [0.5, 0.6) is 0 Å². The number of amides is 1. The molecule has 0 saturated carbocycles. The molecular weight excluding hydrogens is 338 g/mol. The van der Waals surface area contributed by atoms with Gasteiger partial charge in [-0.2, -0.15) is 5.10 Å². The van der Waals surface area contributed by atoms with Crippen LogP contribution in [0, 0.1) is 0 Å². The Morgan fingerprint density at radius 3 is 2.59 bits per heavy atom. The summed E-state index contributed by atoms with van der Waals surface area (Å²) < 4.78 is 1.26. The van der Waals surface area contributed by atoms with Crippen LogP contribution in [0.3, 0.4) is 0 Å². The van der Waals surface area contributed by atoms with Gasteiger partial charge in [-0.3, -0.25) is 9.59 Å². The van der Waals surface area contributed by atoms with Gasteiger partial charge < -0.3 is 4.90 Å². The summed E-state index contributed by atoms with van der Waals surface area (Å²) in [6.45, 7) is 2.69. The van der Waals surface area contributed by atoms with E-state index in [9.17, 15) is 9.59 Å². The molecule has 27 heavy (non-hydrogen) atoms. The third-order valence-electron chi connectivity index (χ3n) is 5.00. The Morgan fingerprint density at radius 1 is 1.04 bits per heavy atom. The largest absolute Gasteiger partial charge is 0.310 e. The topological polar surface area (TPSA) is 55.2 Å². The van der Waals surface area contributed by atoms with Gasteiger partial charge in [0.15, 0.2) is 0 Å². The predicted octanol–water partition coefficient (Wildman–Crippen LogP) is 3.06. The Balaban J connectivity index is 1.59. The Bertz CT molecular complexity index is 1040. The molecule has 0 spiro atoms. The highest BCUT2D eigenvalue weighted by Crippen LogP contribution is 2.27. The van der Waals surface area contributed by atoms with E-state index in [1.807, 2.05) is 36.4 Å². The summed E-state index contributed by atoms with van der Waals surface area (Å²) in [7, 11) is 0.